The molecule has 3 rings (SSSR count). The van der Waals surface area contributed by atoms with Gasteiger partial charge < -0.3 is 10.1 Å². The first-order chi connectivity index (χ1) is 13.5. The van der Waals surface area contributed by atoms with Crippen LogP contribution in [0.3, 0.4) is 0 Å². The summed E-state index contributed by atoms with van der Waals surface area (Å²) in [6.07, 6.45) is 0.284. The molecule has 0 aliphatic carbocycles. The minimum Gasteiger partial charge on any atom is -0.444 e. The smallest absolute Gasteiger partial charge is 0.342 e. The molecular weight excluding hydrogens is 399 g/mol. The summed E-state index contributed by atoms with van der Waals surface area (Å²) in [5.41, 5.74) is 1.98. The van der Waals surface area contributed by atoms with E-state index in [4.69, 9.17) is 27.9 Å². The number of aromatic nitrogens is 1. The molecule has 142 valence electrons. The van der Waals surface area contributed by atoms with Gasteiger partial charge in [-0.05, 0) is 36.8 Å². The number of hydrogen-bond donors (Lipinski definition) is 1. The number of carbonyl (C=O) groups excluding carboxylic acids is 2. The zero-order chi connectivity index (χ0) is 20.1. The van der Waals surface area contributed by atoms with Crippen molar-refractivity contribution in [3.05, 3.63) is 93.7 Å². The van der Waals surface area contributed by atoms with Crippen LogP contribution in [0.1, 0.15) is 27.6 Å². The van der Waals surface area contributed by atoms with Gasteiger partial charge in [-0.1, -0.05) is 59.6 Å². The van der Waals surface area contributed by atoms with E-state index >= 15 is 0 Å². The zero-order valence-corrected chi connectivity index (χ0v) is 16.4. The highest BCUT2D eigenvalue weighted by Crippen LogP contribution is 2.25. The molecule has 0 saturated carbocycles. The molecule has 1 amide bonds. The molecule has 0 saturated heterocycles. The number of esters is 1. The van der Waals surface area contributed by atoms with Crippen LogP contribution in [-0.2, 0) is 9.53 Å². The predicted octanol–water partition coefficient (Wildman–Crippen LogP) is 5.23. The van der Waals surface area contributed by atoms with Crippen LogP contribution in [0.2, 0.25) is 10.2 Å². The van der Waals surface area contributed by atoms with Crippen molar-refractivity contribution in [2.75, 3.05) is 5.32 Å². The Bertz CT molecular complexity index is 1010. The summed E-state index contributed by atoms with van der Waals surface area (Å²) in [6.45, 7) is 1.86. The van der Waals surface area contributed by atoms with Crippen molar-refractivity contribution in [1.29, 1.82) is 0 Å². The lowest BCUT2D eigenvalue weighted by molar-refractivity contribution is -0.125. The van der Waals surface area contributed by atoms with E-state index < -0.39 is 18.0 Å². The van der Waals surface area contributed by atoms with E-state index in [0.717, 1.165) is 5.56 Å². The lowest BCUT2D eigenvalue weighted by Crippen LogP contribution is -2.26. The molecule has 1 N–H and O–H groups in total. The molecule has 7 heteroatoms. The topological polar surface area (TPSA) is 68.3 Å². The number of pyridine rings is 1. The Labute approximate surface area is 172 Å². The van der Waals surface area contributed by atoms with E-state index in [2.05, 4.69) is 10.3 Å². The second-order valence-corrected chi connectivity index (χ2v) is 6.76. The maximum atomic E-state index is 12.9. The average Bonchev–Trinajstić information content (AvgIpc) is 2.69. The maximum absolute atomic E-state index is 12.9. The predicted molar refractivity (Wildman–Crippen MR) is 109 cm³/mol. The zero-order valence-electron chi connectivity index (χ0n) is 14.9. The average molecular weight is 415 g/mol. The van der Waals surface area contributed by atoms with Crippen molar-refractivity contribution in [1.82, 2.24) is 4.98 Å². The summed E-state index contributed by atoms with van der Waals surface area (Å²) in [7, 11) is 0. The number of carbonyl (C=O) groups is 2. The standard InChI is InChI=1S/C21H16Cl2N2O3/c1-13-9-10-15(12-17(13)22)25-20(26)18(14-6-3-2-4-7-14)28-21(27)16-8-5-11-24-19(16)23/h2-12,18H,1H3,(H,25,26). The molecule has 1 heterocycles. The molecule has 1 unspecified atom stereocenters. The first-order valence-electron chi connectivity index (χ1n) is 8.39. The molecule has 0 radical (unpaired) electrons. The molecule has 28 heavy (non-hydrogen) atoms. The lowest BCUT2D eigenvalue weighted by Gasteiger charge is -2.18. The summed E-state index contributed by atoms with van der Waals surface area (Å²) < 4.78 is 5.48. The first-order valence-corrected chi connectivity index (χ1v) is 9.15. The molecule has 1 atom stereocenters. The van der Waals surface area contributed by atoms with Gasteiger partial charge in [-0.15, -0.1) is 0 Å². The molecule has 0 spiro atoms. The van der Waals surface area contributed by atoms with Gasteiger partial charge in [0, 0.05) is 22.5 Å². The Morgan fingerprint density at radius 1 is 1.04 bits per heavy atom. The molecule has 3 aromatic rings. The monoisotopic (exact) mass is 414 g/mol. The van der Waals surface area contributed by atoms with Gasteiger partial charge in [-0.3, -0.25) is 4.79 Å². The van der Waals surface area contributed by atoms with E-state index in [1.165, 1.54) is 12.3 Å². The third-order valence-electron chi connectivity index (χ3n) is 3.98. The van der Waals surface area contributed by atoms with Crippen molar-refractivity contribution >= 4 is 40.8 Å². The Kier molecular flexibility index (Phi) is 6.29. The van der Waals surface area contributed by atoms with Gasteiger partial charge in [-0.25, -0.2) is 9.78 Å². The van der Waals surface area contributed by atoms with Gasteiger partial charge in [0.2, 0.25) is 6.10 Å². The fourth-order valence-corrected chi connectivity index (χ4v) is 2.87. The molecular formula is C21H16Cl2N2O3. The van der Waals surface area contributed by atoms with Crippen LogP contribution in [0, 0.1) is 6.92 Å². The van der Waals surface area contributed by atoms with Gasteiger partial charge in [0.25, 0.3) is 5.91 Å². The number of halogens is 2. The minimum absolute atomic E-state index is 0.00466. The molecule has 5 nitrogen and oxygen atoms in total. The number of rotatable bonds is 5. The SMILES string of the molecule is Cc1ccc(NC(=O)C(OC(=O)c2cccnc2Cl)c2ccccc2)cc1Cl. The van der Waals surface area contributed by atoms with Crippen molar-refractivity contribution in [2.24, 2.45) is 0 Å². The Morgan fingerprint density at radius 2 is 1.79 bits per heavy atom. The number of hydrogen-bond acceptors (Lipinski definition) is 4. The summed E-state index contributed by atoms with van der Waals surface area (Å²) in [6, 6.07) is 16.9. The number of amides is 1. The largest absolute Gasteiger partial charge is 0.444 e. The van der Waals surface area contributed by atoms with Crippen LogP contribution >= 0.6 is 23.2 Å². The quantitative estimate of drug-likeness (QED) is 0.458. The third kappa shape index (κ3) is 4.68. The van der Waals surface area contributed by atoms with E-state index in [9.17, 15) is 9.59 Å². The lowest BCUT2D eigenvalue weighted by atomic mass is 10.1. The van der Waals surface area contributed by atoms with Crippen molar-refractivity contribution < 1.29 is 14.3 Å². The maximum Gasteiger partial charge on any atom is 0.342 e. The molecule has 0 aliphatic heterocycles. The Balaban J connectivity index is 1.86. The van der Waals surface area contributed by atoms with E-state index in [-0.39, 0.29) is 10.7 Å². The highest BCUT2D eigenvalue weighted by molar-refractivity contribution is 6.32. The van der Waals surface area contributed by atoms with Crippen LogP contribution in [-0.4, -0.2) is 16.9 Å². The summed E-state index contributed by atoms with van der Waals surface area (Å²) in [4.78, 5) is 29.3. The second kappa shape index (κ2) is 8.87. The van der Waals surface area contributed by atoms with Crippen LogP contribution in [0.5, 0.6) is 0 Å². The Hall–Kier alpha value is -2.89. The van der Waals surface area contributed by atoms with Gasteiger partial charge in [0.1, 0.15) is 5.15 Å². The second-order valence-electron chi connectivity index (χ2n) is 5.99. The normalized spacial score (nSPS) is 11.5. The van der Waals surface area contributed by atoms with Gasteiger partial charge >= 0.3 is 5.97 Å². The van der Waals surface area contributed by atoms with Gasteiger partial charge in [-0.2, -0.15) is 0 Å². The van der Waals surface area contributed by atoms with Crippen molar-refractivity contribution in [2.45, 2.75) is 13.0 Å². The van der Waals surface area contributed by atoms with E-state index in [0.29, 0.717) is 16.3 Å². The number of benzene rings is 2. The number of nitrogens with zero attached hydrogens (tertiary/aromatic N) is 1. The van der Waals surface area contributed by atoms with Crippen LogP contribution in [0.4, 0.5) is 5.69 Å². The highest BCUT2D eigenvalue weighted by atomic mass is 35.5. The Morgan fingerprint density at radius 3 is 2.46 bits per heavy atom. The number of nitrogens with one attached hydrogen (secondary N) is 1. The van der Waals surface area contributed by atoms with Crippen molar-refractivity contribution in [3.8, 4) is 0 Å². The molecule has 0 bridgehead atoms. The molecule has 2 aromatic carbocycles. The van der Waals surface area contributed by atoms with Crippen molar-refractivity contribution in [3.63, 3.8) is 0 Å². The van der Waals surface area contributed by atoms with Crippen LogP contribution in [0.25, 0.3) is 0 Å². The van der Waals surface area contributed by atoms with E-state index in [1.54, 1.807) is 54.6 Å². The molecule has 0 fully saturated rings. The number of ether oxygens (including phenoxy) is 1. The fraction of sp³-hybridized carbons (Fsp3) is 0.0952. The summed E-state index contributed by atoms with van der Waals surface area (Å²) >= 11 is 12.1. The molecule has 0 aliphatic rings. The molecule has 1 aromatic heterocycles. The van der Waals surface area contributed by atoms with Gasteiger partial charge in [0.15, 0.2) is 0 Å². The van der Waals surface area contributed by atoms with Crippen LogP contribution in [0.15, 0.2) is 66.9 Å². The summed E-state index contributed by atoms with van der Waals surface area (Å²) in [5, 5.41) is 3.26. The first kappa shape index (κ1) is 19.9. The highest BCUT2D eigenvalue weighted by Gasteiger charge is 2.27. The van der Waals surface area contributed by atoms with Crippen LogP contribution < -0.4 is 5.32 Å². The fourth-order valence-electron chi connectivity index (χ4n) is 2.49. The van der Waals surface area contributed by atoms with E-state index in [1.807, 2.05) is 6.92 Å². The number of anilines is 1. The third-order valence-corrected chi connectivity index (χ3v) is 4.69. The van der Waals surface area contributed by atoms with Gasteiger partial charge in [0.05, 0.1) is 5.56 Å². The minimum atomic E-state index is -1.18. The number of aryl methyl sites for hydroxylation is 1. The summed E-state index contributed by atoms with van der Waals surface area (Å²) in [5.74, 6) is -1.26.